The van der Waals surface area contributed by atoms with E-state index in [2.05, 4.69) is 54.5 Å². The topological polar surface area (TPSA) is 24.9 Å². The molecular formula is C17H24N2. The van der Waals surface area contributed by atoms with Gasteiger partial charge in [-0.2, -0.15) is 0 Å². The van der Waals surface area contributed by atoms with Crippen molar-refractivity contribution in [3.63, 3.8) is 0 Å². The molecule has 0 amide bonds. The lowest BCUT2D eigenvalue weighted by Gasteiger charge is -2.13. The molecule has 2 aromatic rings. The molecule has 2 rings (SSSR count). The van der Waals surface area contributed by atoms with Crippen LogP contribution in [-0.4, -0.2) is 11.5 Å². The molecule has 0 aliphatic heterocycles. The van der Waals surface area contributed by atoms with Crippen LogP contribution in [0.4, 0.5) is 0 Å². The van der Waals surface area contributed by atoms with Crippen molar-refractivity contribution in [1.29, 1.82) is 0 Å². The van der Waals surface area contributed by atoms with Gasteiger partial charge in [-0.15, -0.1) is 0 Å². The molecule has 0 aliphatic rings. The second kappa shape index (κ2) is 6.67. The smallest absolute Gasteiger partial charge is 0.0705 e. The number of nitrogens with one attached hydrogen (secondary N) is 1. The maximum Gasteiger partial charge on any atom is 0.0705 e. The van der Waals surface area contributed by atoms with Gasteiger partial charge in [0.05, 0.1) is 5.52 Å². The van der Waals surface area contributed by atoms with E-state index in [0.717, 1.165) is 30.2 Å². The fourth-order valence-electron chi connectivity index (χ4n) is 2.38. The molecule has 0 saturated heterocycles. The molecule has 2 heteroatoms. The summed E-state index contributed by atoms with van der Waals surface area (Å²) < 4.78 is 0. The van der Waals surface area contributed by atoms with Crippen molar-refractivity contribution in [1.82, 2.24) is 10.3 Å². The lowest BCUT2D eigenvalue weighted by atomic mass is 10.0. The molecule has 0 fully saturated rings. The quantitative estimate of drug-likeness (QED) is 0.842. The van der Waals surface area contributed by atoms with Gasteiger partial charge in [-0.3, -0.25) is 4.98 Å². The summed E-state index contributed by atoms with van der Waals surface area (Å²) in [6.45, 7) is 8.61. The van der Waals surface area contributed by atoms with Gasteiger partial charge < -0.3 is 5.32 Å². The van der Waals surface area contributed by atoms with Crippen molar-refractivity contribution in [2.75, 3.05) is 6.54 Å². The van der Waals surface area contributed by atoms with E-state index in [1.165, 1.54) is 23.8 Å². The zero-order chi connectivity index (χ0) is 13.7. The highest BCUT2D eigenvalue weighted by molar-refractivity contribution is 5.79. The number of hydrogen-bond donors (Lipinski definition) is 1. The monoisotopic (exact) mass is 256 g/mol. The minimum Gasteiger partial charge on any atom is -0.312 e. The number of nitrogens with zero attached hydrogens (tertiary/aromatic N) is 1. The van der Waals surface area contributed by atoms with Crippen LogP contribution < -0.4 is 5.32 Å². The second-order valence-corrected chi connectivity index (χ2v) is 5.29. The number of aryl methyl sites for hydroxylation is 1. The van der Waals surface area contributed by atoms with Crippen molar-refractivity contribution >= 4 is 10.9 Å². The van der Waals surface area contributed by atoms with Crippen molar-refractivity contribution < 1.29 is 0 Å². The minimum absolute atomic E-state index is 0.796. The first-order valence-electron chi connectivity index (χ1n) is 7.30. The first-order chi connectivity index (χ1) is 9.22. The summed E-state index contributed by atoms with van der Waals surface area (Å²) in [4.78, 5) is 4.53. The molecule has 0 radical (unpaired) electrons. The van der Waals surface area contributed by atoms with Gasteiger partial charge in [0.1, 0.15) is 0 Å². The van der Waals surface area contributed by atoms with E-state index in [4.69, 9.17) is 0 Å². The molecule has 0 atom stereocenters. The van der Waals surface area contributed by atoms with Crippen LogP contribution in [0.2, 0.25) is 0 Å². The number of fused-ring (bicyclic) bond motifs is 1. The molecule has 0 spiro atoms. The fourth-order valence-corrected chi connectivity index (χ4v) is 2.38. The van der Waals surface area contributed by atoms with Crippen LogP contribution in [-0.2, 0) is 6.54 Å². The maximum absolute atomic E-state index is 4.53. The molecule has 1 aromatic heterocycles. The van der Waals surface area contributed by atoms with Gasteiger partial charge >= 0.3 is 0 Å². The standard InChI is InChI=1S/C17H24N2/c1-4-14(5-2)11-18-12-15-7-9-17-16(10-15)8-6-13(3)19-17/h6-10,14,18H,4-5,11-12H2,1-3H3. The zero-order valence-electron chi connectivity index (χ0n) is 12.2. The van der Waals surface area contributed by atoms with E-state index < -0.39 is 0 Å². The van der Waals surface area contributed by atoms with Crippen LogP contribution in [0.3, 0.4) is 0 Å². The highest BCUT2D eigenvalue weighted by Crippen LogP contribution is 2.15. The van der Waals surface area contributed by atoms with E-state index in [0.29, 0.717) is 0 Å². The molecule has 2 nitrogen and oxygen atoms in total. The van der Waals surface area contributed by atoms with Gasteiger partial charge in [-0.1, -0.05) is 38.8 Å². The first kappa shape index (κ1) is 14.0. The van der Waals surface area contributed by atoms with Gasteiger partial charge in [0, 0.05) is 17.6 Å². The average Bonchev–Trinajstić information content (AvgIpc) is 2.43. The third-order valence-corrected chi connectivity index (χ3v) is 3.81. The molecule has 0 unspecified atom stereocenters. The molecule has 0 aliphatic carbocycles. The third-order valence-electron chi connectivity index (χ3n) is 3.81. The highest BCUT2D eigenvalue weighted by atomic mass is 14.9. The Kier molecular flexibility index (Phi) is 4.92. The molecule has 1 aromatic carbocycles. The Hall–Kier alpha value is -1.41. The zero-order valence-corrected chi connectivity index (χ0v) is 12.2. The fraction of sp³-hybridized carbons (Fsp3) is 0.471. The van der Waals surface area contributed by atoms with E-state index in [1.54, 1.807) is 0 Å². The Balaban J connectivity index is 1.99. The SMILES string of the molecule is CCC(CC)CNCc1ccc2nc(C)ccc2c1. The number of aromatic nitrogens is 1. The Morgan fingerprint density at radius 2 is 1.89 bits per heavy atom. The van der Waals surface area contributed by atoms with Gasteiger partial charge in [0.25, 0.3) is 0 Å². The number of rotatable bonds is 6. The summed E-state index contributed by atoms with van der Waals surface area (Å²) in [5.41, 5.74) is 3.50. The van der Waals surface area contributed by atoms with Crippen molar-refractivity contribution in [2.24, 2.45) is 5.92 Å². The largest absolute Gasteiger partial charge is 0.312 e. The van der Waals surface area contributed by atoms with Crippen LogP contribution in [0.15, 0.2) is 30.3 Å². The molecule has 19 heavy (non-hydrogen) atoms. The van der Waals surface area contributed by atoms with E-state index in [1.807, 2.05) is 6.92 Å². The van der Waals surface area contributed by atoms with Crippen molar-refractivity contribution in [2.45, 2.75) is 40.2 Å². The van der Waals surface area contributed by atoms with Gasteiger partial charge in [-0.25, -0.2) is 0 Å². The molecule has 0 saturated carbocycles. The lowest BCUT2D eigenvalue weighted by molar-refractivity contribution is 0.449. The van der Waals surface area contributed by atoms with Gasteiger partial charge in [0.2, 0.25) is 0 Å². The van der Waals surface area contributed by atoms with Crippen LogP contribution >= 0.6 is 0 Å². The summed E-state index contributed by atoms with van der Waals surface area (Å²) in [5.74, 6) is 0.796. The molecule has 102 valence electrons. The third kappa shape index (κ3) is 3.77. The van der Waals surface area contributed by atoms with Crippen LogP contribution in [0, 0.1) is 12.8 Å². The number of hydrogen-bond acceptors (Lipinski definition) is 2. The number of pyridine rings is 1. The summed E-state index contributed by atoms with van der Waals surface area (Å²) in [5, 5.41) is 4.79. The lowest BCUT2D eigenvalue weighted by Crippen LogP contribution is -2.21. The Bertz CT molecular complexity index is 530. The predicted molar refractivity (Wildman–Crippen MR) is 82.3 cm³/mol. The minimum atomic E-state index is 0.796. The predicted octanol–water partition coefficient (Wildman–Crippen LogP) is 4.07. The number of benzene rings is 1. The molecule has 0 bridgehead atoms. The summed E-state index contributed by atoms with van der Waals surface area (Å²) in [6, 6.07) is 10.8. The molecule has 1 N–H and O–H groups in total. The van der Waals surface area contributed by atoms with Gasteiger partial charge in [0.15, 0.2) is 0 Å². The van der Waals surface area contributed by atoms with E-state index in [-0.39, 0.29) is 0 Å². The van der Waals surface area contributed by atoms with E-state index >= 15 is 0 Å². The maximum atomic E-state index is 4.53. The van der Waals surface area contributed by atoms with Crippen molar-refractivity contribution in [3.05, 3.63) is 41.6 Å². The Morgan fingerprint density at radius 3 is 2.63 bits per heavy atom. The Labute approximate surface area is 116 Å². The highest BCUT2D eigenvalue weighted by Gasteiger charge is 2.03. The van der Waals surface area contributed by atoms with Crippen LogP contribution in [0.25, 0.3) is 10.9 Å². The normalized spacial score (nSPS) is 11.4. The summed E-state index contributed by atoms with van der Waals surface area (Å²) in [7, 11) is 0. The Morgan fingerprint density at radius 1 is 1.11 bits per heavy atom. The van der Waals surface area contributed by atoms with Crippen molar-refractivity contribution in [3.8, 4) is 0 Å². The summed E-state index contributed by atoms with van der Waals surface area (Å²) >= 11 is 0. The molecular weight excluding hydrogens is 232 g/mol. The van der Waals surface area contributed by atoms with E-state index in [9.17, 15) is 0 Å². The second-order valence-electron chi connectivity index (χ2n) is 5.29. The first-order valence-corrected chi connectivity index (χ1v) is 7.30. The van der Waals surface area contributed by atoms with Crippen LogP contribution in [0.5, 0.6) is 0 Å². The van der Waals surface area contributed by atoms with Gasteiger partial charge in [-0.05, 0) is 43.1 Å². The summed E-state index contributed by atoms with van der Waals surface area (Å²) in [6.07, 6.45) is 2.51. The average molecular weight is 256 g/mol. The van der Waals surface area contributed by atoms with Crippen LogP contribution in [0.1, 0.15) is 37.9 Å². The molecule has 1 heterocycles.